The monoisotopic (exact) mass is 710 g/mol. The molecule has 0 fully saturated rings. The van der Waals surface area contributed by atoms with Crippen molar-refractivity contribution in [2.24, 2.45) is 0 Å². The fraction of sp³-hybridized carbons (Fsp3) is 0.297. The molecular formula is C37H38N6O9. The number of carbonyl (C=O) groups excluding carboxylic acids is 2. The molecule has 15 heteroatoms. The molecule has 3 N–H and O–H groups in total. The summed E-state index contributed by atoms with van der Waals surface area (Å²) in [5.74, 6) is -1.33. The smallest absolute Gasteiger partial charge is 0.308 e. The number of ether oxygens (including phenoxy) is 2. The van der Waals surface area contributed by atoms with Gasteiger partial charge in [-0.15, -0.1) is 5.10 Å². The van der Waals surface area contributed by atoms with Crippen molar-refractivity contribution in [3.63, 3.8) is 0 Å². The molecule has 0 radical (unpaired) electrons. The van der Waals surface area contributed by atoms with Crippen LogP contribution in [0.3, 0.4) is 0 Å². The number of rotatable bonds is 15. The third-order valence-electron chi connectivity index (χ3n) is 7.60. The SMILES string of the molecule is CC(C)(C)c1ocnc1C=c1[nH]c(=O)c(=Cc2cccc(C(=O)c3ccccc3)c2)nc1OCOC(=O)CCCc1cn(CC(O)CC(=O)O)nn1. The number of aryl methyl sites for hydroxylation is 1. The van der Waals surface area contributed by atoms with E-state index in [9.17, 15) is 24.3 Å². The van der Waals surface area contributed by atoms with Crippen molar-refractivity contribution in [2.75, 3.05) is 6.79 Å². The van der Waals surface area contributed by atoms with Crippen LogP contribution in [0.4, 0.5) is 0 Å². The quantitative estimate of drug-likeness (QED) is 0.0809. The molecule has 0 aliphatic heterocycles. The highest BCUT2D eigenvalue weighted by atomic mass is 16.7. The highest BCUT2D eigenvalue weighted by Gasteiger charge is 2.22. The van der Waals surface area contributed by atoms with Crippen LogP contribution in [0.25, 0.3) is 12.2 Å². The minimum Gasteiger partial charge on any atom is -0.481 e. The zero-order chi connectivity index (χ0) is 37.3. The molecule has 1 unspecified atom stereocenters. The van der Waals surface area contributed by atoms with Gasteiger partial charge in [-0.3, -0.25) is 19.2 Å². The number of nitrogens with one attached hydrogen (secondary N) is 1. The van der Waals surface area contributed by atoms with Crippen LogP contribution < -0.4 is 21.0 Å². The molecule has 52 heavy (non-hydrogen) atoms. The lowest BCUT2D eigenvalue weighted by Gasteiger charge is -2.15. The van der Waals surface area contributed by atoms with Crippen LogP contribution in [0, 0.1) is 0 Å². The number of carboxylic acid groups (broad SMARTS) is 1. The first kappa shape index (κ1) is 37.0. The Kier molecular flexibility index (Phi) is 11.9. The standard InChI is InChI=1S/C37H38N6O9/c1-37(2,3)34-28(38-21-50-34)18-30-36(52-22-51-32(47)14-8-13-26-19-43(42-41-26)20-27(44)17-31(45)46)40-29(35(49)39-30)16-23-9-7-12-25(15-23)33(48)24-10-5-4-6-11-24/h4-7,9-12,15-16,18-19,21,27,44H,8,13-14,17,20,22H2,1-3H3,(H,39,49)(H,45,46). The third-order valence-corrected chi connectivity index (χ3v) is 7.60. The van der Waals surface area contributed by atoms with Crippen LogP contribution in [0.2, 0.25) is 0 Å². The van der Waals surface area contributed by atoms with E-state index in [1.807, 2.05) is 26.8 Å². The number of aromatic nitrogens is 6. The zero-order valence-electron chi connectivity index (χ0n) is 28.8. The number of oxazole rings is 1. The highest BCUT2D eigenvalue weighted by molar-refractivity contribution is 6.09. The summed E-state index contributed by atoms with van der Waals surface area (Å²) in [6.07, 6.45) is 5.22. The van der Waals surface area contributed by atoms with Crippen LogP contribution >= 0.6 is 0 Å². The van der Waals surface area contributed by atoms with Gasteiger partial charge >= 0.3 is 11.9 Å². The van der Waals surface area contributed by atoms with Crippen molar-refractivity contribution in [3.05, 3.63) is 122 Å². The van der Waals surface area contributed by atoms with Crippen molar-refractivity contribution >= 4 is 29.9 Å². The van der Waals surface area contributed by atoms with Gasteiger partial charge in [0.2, 0.25) is 12.7 Å². The average Bonchev–Trinajstić information content (AvgIpc) is 3.76. The molecule has 3 aromatic heterocycles. The van der Waals surface area contributed by atoms with Gasteiger partial charge in [-0.05, 0) is 36.6 Å². The largest absolute Gasteiger partial charge is 0.481 e. The molecule has 0 spiro atoms. The van der Waals surface area contributed by atoms with E-state index >= 15 is 0 Å². The first-order valence-corrected chi connectivity index (χ1v) is 16.4. The number of carbonyl (C=O) groups is 3. The maximum absolute atomic E-state index is 13.3. The fourth-order valence-corrected chi connectivity index (χ4v) is 5.17. The molecule has 0 saturated carbocycles. The molecule has 0 saturated heterocycles. The maximum atomic E-state index is 13.3. The third kappa shape index (κ3) is 10.2. The predicted octanol–water partition coefficient (Wildman–Crippen LogP) is 2.27. The molecule has 0 amide bonds. The second-order valence-corrected chi connectivity index (χ2v) is 12.9. The Morgan fingerprint density at radius 1 is 1.06 bits per heavy atom. The maximum Gasteiger partial charge on any atom is 0.308 e. The van der Waals surface area contributed by atoms with E-state index in [4.69, 9.17) is 19.0 Å². The highest BCUT2D eigenvalue weighted by Crippen LogP contribution is 2.25. The molecule has 0 bridgehead atoms. The first-order valence-electron chi connectivity index (χ1n) is 16.4. The van der Waals surface area contributed by atoms with Crippen molar-refractivity contribution in [1.29, 1.82) is 0 Å². The summed E-state index contributed by atoms with van der Waals surface area (Å²) in [6.45, 7) is 5.32. The van der Waals surface area contributed by atoms with Crippen LogP contribution in [0.15, 0.2) is 76.4 Å². The Bertz CT molecular complexity index is 2220. The normalized spacial score (nSPS) is 12.8. The van der Waals surface area contributed by atoms with Gasteiger partial charge in [0.25, 0.3) is 5.56 Å². The Balaban J connectivity index is 1.31. The van der Waals surface area contributed by atoms with Crippen molar-refractivity contribution in [2.45, 2.75) is 64.5 Å². The van der Waals surface area contributed by atoms with E-state index in [0.29, 0.717) is 46.7 Å². The fourth-order valence-electron chi connectivity index (χ4n) is 5.17. The van der Waals surface area contributed by atoms with E-state index in [1.165, 1.54) is 17.2 Å². The van der Waals surface area contributed by atoms with Crippen LogP contribution in [0.1, 0.15) is 78.7 Å². The predicted molar refractivity (Wildman–Crippen MR) is 186 cm³/mol. The van der Waals surface area contributed by atoms with E-state index in [1.54, 1.807) is 60.8 Å². The molecule has 0 aliphatic carbocycles. The average molecular weight is 711 g/mol. The van der Waals surface area contributed by atoms with Crippen molar-refractivity contribution in [1.82, 2.24) is 29.9 Å². The lowest BCUT2D eigenvalue weighted by Crippen LogP contribution is -2.38. The molecule has 5 aromatic rings. The van der Waals surface area contributed by atoms with Gasteiger partial charge in [0.05, 0.1) is 24.8 Å². The number of aromatic amines is 1. The van der Waals surface area contributed by atoms with Gasteiger partial charge in [0.1, 0.15) is 22.2 Å². The Morgan fingerprint density at radius 2 is 1.83 bits per heavy atom. The molecule has 2 aromatic carbocycles. The second kappa shape index (κ2) is 16.7. The van der Waals surface area contributed by atoms with Crippen LogP contribution in [-0.4, -0.2) is 70.8 Å². The topological polar surface area (TPSA) is 213 Å². The van der Waals surface area contributed by atoms with Gasteiger partial charge in [0, 0.05) is 29.2 Å². The summed E-state index contributed by atoms with van der Waals surface area (Å²) in [4.78, 5) is 61.2. The zero-order valence-corrected chi connectivity index (χ0v) is 28.8. The second-order valence-electron chi connectivity index (χ2n) is 12.9. The van der Waals surface area contributed by atoms with Gasteiger partial charge in [0.15, 0.2) is 12.2 Å². The van der Waals surface area contributed by atoms with Gasteiger partial charge in [-0.2, -0.15) is 0 Å². The molecule has 0 aliphatic rings. The van der Waals surface area contributed by atoms with E-state index in [2.05, 4.69) is 25.3 Å². The lowest BCUT2D eigenvalue weighted by molar-refractivity contribution is -0.150. The summed E-state index contributed by atoms with van der Waals surface area (Å²) in [5.41, 5.74) is 1.58. The number of esters is 1. The molecular weight excluding hydrogens is 672 g/mol. The van der Waals surface area contributed by atoms with Gasteiger partial charge < -0.3 is 29.1 Å². The number of nitrogens with zero attached hydrogens (tertiary/aromatic N) is 5. The van der Waals surface area contributed by atoms with Crippen LogP contribution in [0.5, 0.6) is 5.88 Å². The molecule has 1 atom stereocenters. The number of aliphatic hydroxyl groups excluding tert-OH is 1. The van der Waals surface area contributed by atoms with E-state index in [-0.39, 0.29) is 35.3 Å². The molecule has 5 rings (SSSR count). The molecule has 270 valence electrons. The number of carboxylic acids is 1. The summed E-state index contributed by atoms with van der Waals surface area (Å²) in [7, 11) is 0. The van der Waals surface area contributed by atoms with Crippen molar-refractivity contribution < 1.29 is 38.5 Å². The summed E-state index contributed by atoms with van der Waals surface area (Å²) >= 11 is 0. The van der Waals surface area contributed by atoms with E-state index in [0.717, 1.165) is 0 Å². The number of benzene rings is 2. The summed E-state index contributed by atoms with van der Waals surface area (Å²) in [5, 5.41) is 26.6. The minimum absolute atomic E-state index is 0.0116. The number of hydrogen-bond acceptors (Lipinski definition) is 12. The summed E-state index contributed by atoms with van der Waals surface area (Å²) in [6, 6.07) is 15.6. The summed E-state index contributed by atoms with van der Waals surface area (Å²) < 4.78 is 18.0. The Labute approximate surface area is 297 Å². The number of aliphatic hydroxyl groups is 1. The van der Waals surface area contributed by atoms with E-state index < -0.39 is 42.2 Å². The number of aliphatic carboxylic acids is 1. The number of hydrogen-bond donors (Lipinski definition) is 3. The number of H-pyrrole nitrogens is 1. The van der Waals surface area contributed by atoms with Crippen molar-refractivity contribution in [3.8, 4) is 5.88 Å². The van der Waals surface area contributed by atoms with Gasteiger partial charge in [-0.25, -0.2) is 14.6 Å². The first-order chi connectivity index (χ1) is 24.9. The number of ketones is 1. The minimum atomic E-state index is -1.12. The molecule has 15 nitrogen and oxygen atoms in total. The Hall–Kier alpha value is -6.22. The van der Waals surface area contributed by atoms with Crippen LogP contribution in [-0.2, 0) is 32.7 Å². The van der Waals surface area contributed by atoms with Gasteiger partial charge in [-0.1, -0.05) is 74.5 Å². The lowest BCUT2D eigenvalue weighted by atomic mass is 9.92. The Morgan fingerprint density at radius 3 is 2.58 bits per heavy atom. The molecule has 3 heterocycles.